The molecule has 1 heterocycles. The van der Waals surface area contributed by atoms with E-state index in [9.17, 15) is 9.59 Å². The molecule has 1 fully saturated rings. The van der Waals surface area contributed by atoms with Crippen molar-refractivity contribution < 1.29 is 9.59 Å². The van der Waals surface area contributed by atoms with Crippen molar-refractivity contribution in [1.82, 2.24) is 25.4 Å². The van der Waals surface area contributed by atoms with Gasteiger partial charge in [-0.3, -0.25) is 10.1 Å². The first-order valence-corrected chi connectivity index (χ1v) is 11.2. The maximum absolute atomic E-state index is 12.4. The van der Waals surface area contributed by atoms with Gasteiger partial charge in [0, 0.05) is 19.0 Å². The molecule has 1 aromatic heterocycles. The maximum atomic E-state index is 12.4. The summed E-state index contributed by atoms with van der Waals surface area (Å²) in [5.41, 5.74) is 1.16. The van der Waals surface area contributed by atoms with Crippen molar-refractivity contribution in [2.75, 3.05) is 0 Å². The van der Waals surface area contributed by atoms with Crippen LogP contribution in [0.3, 0.4) is 0 Å². The first kappa shape index (κ1) is 21.4. The SMILES string of the molecule is CCn1c(Cc2ccccc2)nnc1S[C@@H](C)C(=O)NC(=O)NC1CCCCC1. The van der Waals surface area contributed by atoms with Crippen molar-refractivity contribution in [3.63, 3.8) is 0 Å². The highest BCUT2D eigenvalue weighted by Crippen LogP contribution is 2.23. The Morgan fingerprint density at radius 2 is 1.90 bits per heavy atom. The summed E-state index contributed by atoms with van der Waals surface area (Å²) >= 11 is 1.32. The van der Waals surface area contributed by atoms with Gasteiger partial charge in [-0.25, -0.2) is 4.79 Å². The molecule has 1 aromatic carbocycles. The molecular weight excluding hydrogens is 386 g/mol. The first-order chi connectivity index (χ1) is 14.1. The molecule has 0 spiro atoms. The molecule has 0 aliphatic heterocycles. The van der Waals surface area contributed by atoms with Gasteiger partial charge in [0.2, 0.25) is 5.91 Å². The minimum atomic E-state index is -0.453. The molecule has 1 aliphatic rings. The summed E-state index contributed by atoms with van der Waals surface area (Å²) < 4.78 is 2.02. The van der Waals surface area contributed by atoms with Gasteiger partial charge in [0.15, 0.2) is 5.16 Å². The molecule has 1 aliphatic carbocycles. The van der Waals surface area contributed by atoms with Crippen molar-refractivity contribution in [2.24, 2.45) is 0 Å². The van der Waals surface area contributed by atoms with Crippen LogP contribution in [0.4, 0.5) is 4.79 Å². The number of carbonyl (C=O) groups excluding carboxylic acids is 2. The summed E-state index contributed by atoms with van der Waals surface area (Å²) in [6.45, 7) is 4.53. The number of amides is 3. The van der Waals surface area contributed by atoms with Gasteiger partial charge in [0.05, 0.1) is 5.25 Å². The van der Waals surface area contributed by atoms with Crippen LogP contribution in [-0.2, 0) is 17.8 Å². The summed E-state index contributed by atoms with van der Waals surface area (Å²) in [5.74, 6) is 0.544. The molecule has 2 N–H and O–H groups in total. The number of rotatable bonds is 7. The van der Waals surface area contributed by atoms with Crippen molar-refractivity contribution in [3.8, 4) is 0 Å². The van der Waals surface area contributed by atoms with Crippen LogP contribution in [0.1, 0.15) is 57.3 Å². The second-order valence-corrected chi connectivity index (χ2v) is 8.67. The number of nitrogens with zero attached hydrogens (tertiary/aromatic N) is 3. The number of hydrogen-bond donors (Lipinski definition) is 2. The number of aromatic nitrogens is 3. The summed E-state index contributed by atoms with van der Waals surface area (Å²) in [5, 5.41) is 14.2. The molecule has 3 rings (SSSR count). The summed E-state index contributed by atoms with van der Waals surface area (Å²) in [7, 11) is 0. The highest BCUT2D eigenvalue weighted by Gasteiger charge is 2.23. The Balaban J connectivity index is 1.55. The standard InChI is InChI=1S/C21H29N5O2S/c1-3-26-18(14-16-10-6-4-7-11-16)24-25-21(26)29-15(2)19(27)23-20(28)22-17-12-8-5-9-13-17/h4,6-7,10-11,15,17H,3,5,8-9,12-14H2,1-2H3,(H2,22,23,27,28)/t15-/m0/s1. The molecule has 0 radical (unpaired) electrons. The minimum absolute atomic E-state index is 0.170. The predicted molar refractivity (Wildman–Crippen MR) is 114 cm³/mol. The van der Waals surface area contributed by atoms with E-state index in [4.69, 9.17) is 0 Å². The normalized spacial score (nSPS) is 15.7. The lowest BCUT2D eigenvalue weighted by Crippen LogP contribution is -2.47. The van der Waals surface area contributed by atoms with Crippen molar-refractivity contribution in [2.45, 2.75) is 75.4 Å². The number of urea groups is 1. The maximum Gasteiger partial charge on any atom is 0.321 e. The van der Waals surface area contributed by atoms with E-state index in [-0.39, 0.29) is 11.9 Å². The van der Waals surface area contributed by atoms with E-state index in [0.717, 1.165) is 37.1 Å². The molecule has 29 heavy (non-hydrogen) atoms. The second-order valence-electron chi connectivity index (χ2n) is 7.36. The Kier molecular flexibility index (Phi) is 7.69. The first-order valence-electron chi connectivity index (χ1n) is 10.3. The Morgan fingerprint density at radius 3 is 2.59 bits per heavy atom. The largest absolute Gasteiger partial charge is 0.335 e. The van der Waals surface area contributed by atoms with E-state index in [2.05, 4.69) is 33.0 Å². The number of imide groups is 1. The quantitative estimate of drug-likeness (QED) is 0.676. The van der Waals surface area contributed by atoms with Gasteiger partial charge in [-0.2, -0.15) is 0 Å². The molecule has 1 atom stereocenters. The average molecular weight is 416 g/mol. The van der Waals surface area contributed by atoms with Gasteiger partial charge in [-0.05, 0) is 32.3 Å². The van der Waals surface area contributed by atoms with Crippen LogP contribution in [0.5, 0.6) is 0 Å². The molecule has 0 bridgehead atoms. The van der Waals surface area contributed by atoms with Crippen molar-refractivity contribution in [1.29, 1.82) is 0 Å². The van der Waals surface area contributed by atoms with Crippen LogP contribution in [0.25, 0.3) is 0 Å². The van der Waals surface area contributed by atoms with Crippen molar-refractivity contribution in [3.05, 3.63) is 41.7 Å². The molecule has 3 amide bonds. The fourth-order valence-electron chi connectivity index (χ4n) is 3.53. The van der Waals surface area contributed by atoms with E-state index >= 15 is 0 Å². The molecule has 156 valence electrons. The van der Waals surface area contributed by atoms with Crippen LogP contribution >= 0.6 is 11.8 Å². The van der Waals surface area contributed by atoms with E-state index < -0.39 is 11.3 Å². The fraction of sp³-hybridized carbons (Fsp3) is 0.524. The Labute approximate surface area is 176 Å². The molecule has 7 nitrogen and oxygen atoms in total. The summed E-state index contributed by atoms with van der Waals surface area (Å²) in [6, 6.07) is 9.87. The molecule has 8 heteroatoms. The third-order valence-electron chi connectivity index (χ3n) is 5.14. The molecule has 0 saturated heterocycles. The number of carbonyl (C=O) groups is 2. The Hall–Kier alpha value is -2.35. The number of thioether (sulfide) groups is 1. The van der Waals surface area contributed by atoms with E-state index in [1.54, 1.807) is 6.92 Å². The summed E-state index contributed by atoms with van der Waals surface area (Å²) in [6.07, 6.45) is 6.13. The highest BCUT2D eigenvalue weighted by atomic mass is 32.2. The van der Waals surface area contributed by atoms with Gasteiger partial charge in [-0.15, -0.1) is 10.2 Å². The molecule has 1 saturated carbocycles. The highest BCUT2D eigenvalue weighted by molar-refractivity contribution is 8.00. The lowest BCUT2D eigenvalue weighted by atomic mass is 9.96. The van der Waals surface area contributed by atoms with Gasteiger partial charge in [0.1, 0.15) is 5.82 Å². The van der Waals surface area contributed by atoms with Crippen LogP contribution in [0.2, 0.25) is 0 Å². The van der Waals surface area contributed by atoms with Gasteiger partial charge in [-0.1, -0.05) is 61.4 Å². The zero-order valence-electron chi connectivity index (χ0n) is 17.1. The topological polar surface area (TPSA) is 88.9 Å². The van der Waals surface area contributed by atoms with E-state index in [0.29, 0.717) is 18.1 Å². The molecular formula is C21H29N5O2S. The Morgan fingerprint density at radius 1 is 1.17 bits per heavy atom. The smallest absolute Gasteiger partial charge is 0.321 e. The lowest BCUT2D eigenvalue weighted by molar-refractivity contribution is -0.119. The van der Waals surface area contributed by atoms with Gasteiger partial charge >= 0.3 is 6.03 Å². The van der Waals surface area contributed by atoms with Gasteiger partial charge in [0.25, 0.3) is 0 Å². The van der Waals surface area contributed by atoms with E-state index in [1.807, 2.05) is 29.7 Å². The van der Waals surface area contributed by atoms with Crippen LogP contribution in [-0.4, -0.2) is 38.0 Å². The average Bonchev–Trinajstić information content (AvgIpc) is 3.10. The summed E-state index contributed by atoms with van der Waals surface area (Å²) in [4.78, 5) is 24.6. The number of hydrogen-bond acceptors (Lipinski definition) is 5. The Bertz CT molecular complexity index is 818. The predicted octanol–water partition coefficient (Wildman–Crippen LogP) is 3.53. The molecule has 2 aromatic rings. The third kappa shape index (κ3) is 6.06. The number of benzene rings is 1. The monoisotopic (exact) mass is 415 g/mol. The zero-order valence-corrected chi connectivity index (χ0v) is 17.9. The van der Waals surface area contributed by atoms with Crippen LogP contribution in [0, 0.1) is 0 Å². The van der Waals surface area contributed by atoms with Crippen molar-refractivity contribution >= 4 is 23.7 Å². The zero-order chi connectivity index (χ0) is 20.6. The number of nitrogens with one attached hydrogen (secondary N) is 2. The second kappa shape index (κ2) is 10.4. The minimum Gasteiger partial charge on any atom is -0.335 e. The van der Waals surface area contributed by atoms with Crippen LogP contribution in [0.15, 0.2) is 35.5 Å². The van der Waals surface area contributed by atoms with E-state index in [1.165, 1.54) is 18.2 Å². The molecule has 0 unspecified atom stereocenters. The fourth-order valence-corrected chi connectivity index (χ4v) is 4.46. The third-order valence-corrected chi connectivity index (χ3v) is 6.22. The lowest BCUT2D eigenvalue weighted by Gasteiger charge is -2.23. The van der Waals surface area contributed by atoms with Crippen LogP contribution < -0.4 is 10.6 Å². The van der Waals surface area contributed by atoms with Gasteiger partial charge < -0.3 is 9.88 Å².